The SMILES string of the molecule is CC(=O)N[C@@H](CO[C@H]1OC(CO)[C@H](O)[C@@H](O)C1O)[C@H](O)CO. The van der Waals surface area contributed by atoms with E-state index in [1.165, 1.54) is 6.92 Å². The summed E-state index contributed by atoms with van der Waals surface area (Å²) in [5.74, 6) is -0.463. The molecule has 0 aromatic carbocycles. The van der Waals surface area contributed by atoms with Crippen LogP contribution in [0.15, 0.2) is 0 Å². The van der Waals surface area contributed by atoms with Gasteiger partial charge in [0.15, 0.2) is 6.29 Å². The van der Waals surface area contributed by atoms with Crippen LogP contribution in [0.1, 0.15) is 6.92 Å². The molecule has 2 unspecified atom stereocenters. The summed E-state index contributed by atoms with van der Waals surface area (Å²) in [6, 6.07) is -0.963. The van der Waals surface area contributed by atoms with Gasteiger partial charge >= 0.3 is 0 Å². The van der Waals surface area contributed by atoms with Gasteiger partial charge in [-0.05, 0) is 0 Å². The van der Waals surface area contributed by atoms with Gasteiger partial charge in [-0.25, -0.2) is 0 Å². The van der Waals surface area contributed by atoms with Gasteiger partial charge in [-0.1, -0.05) is 0 Å². The van der Waals surface area contributed by atoms with Gasteiger partial charge in [0, 0.05) is 6.92 Å². The summed E-state index contributed by atoms with van der Waals surface area (Å²) in [7, 11) is 0. The van der Waals surface area contributed by atoms with E-state index in [0.717, 1.165) is 0 Å². The third-order valence-electron chi connectivity index (χ3n) is 3.33. The lowest BCUT2D eigenvalue weighted by Crippen LogP contribution is -2.60. The van der Waals surface area contributed by atoms with Crippen LogP contribution < -0.4 is 5.32 Å². The molecule has 7 atom stereocenters. The van der Waals surface area contributed by atoms with Gasteiger partial charge in [-0.2, -0.15) is 0 Å². The quantitative estimate of drug-likeness (QED) is 0.244. The molecule has 130 valence electrons. The van der Waals surface area contributed by atoms with E-state index in [9.17, 15) is 25.2 Å². The zero-order valence-corrected chi connectivity index (χ0v) is 12.1. The van der Waals surface area contributed by atoms with E-state index >= 15 is 0 Å². The Morgan fingerprint density at radius 2 is 1.86 bits per heavy atom. The summed E-state index contributed by atoms with van der Waals surface area (Å²) < 4.78 is 10.3. The zero-order valence-electron chi connectivity index (χ0n) is 12.1. The number of carbonyl (C=O) groups is 1. The number of aliphatic hydroxyl groups is 6. The Bertz CT molecular complexity index is 353. The number of ether oxygens (including phenoxy) is 2. The molecule has 1 saturated heterocycles. The summed E-state index contributed by atoms with van der Waals surface area (Å²) in [5.41, 5.74) is 0. The third-order valence-corrected chi connectivity index (χ3v) is 3.33. The van der Waals surface area contributed by atoms with Crippen molar-refractivity contribution >= 4 is 5.91 Å². The van der Waals surface area contributed by atoms with Crippen LogP contribution in [-0.4, -0.2) is 99.2 Å². The standard InChI is InChI=1S/C12H23NO9/c1-5(16)13-6(7(17)2-14)4-21-12-11(20)10(19)9(18)8(3-15)22-12/h6-12,14-15,17-20H,2-4H2,1H3,(H,13,16)/t6-,7+,8?,9-,10+,11?,12-/m0/s1. The number of hydrogen-bond acceptors (Lipinski definition) is 9. The lowest BCUT2D eigenvalue weighted by molar-refractivity contribution is -0.302. The van der Waals surface area contributed by atoms with Gasteiger partial charge in [0.1, 0.15) is 24.4 Å². The molecule has 0 aromatic rings. The first-order valence-corrected chi connectivity index (χ1v) is 6.80. The maximum atomic E-state index is 11.0. The minimum absolute atomic E-state index is 0.329. The van der Waals surface area contributed by atoms with Crippen LogP contribution in [0.2, 0.25) is 0 Å². The summed E-state index contributed by atoms with van der Waals surface area (Å²) in [6.45, 7) is -0.336. The van der Waals surface area contributed by atoms with Gasteiger partial charge in [0.05, 0.1) is 32.0 Å². The first-order valence-electron chi connectivity index (χ1n) is 6.80. The van der Waals surface area contributed by atoms with Crippen molar-refractivity contribution in [2.45, 2.75) is 49.8 Å². The molecule has 1 heterocycles. The minimum atomic E-state index is -1.59. The third kappa shape index (κ3) is 4.83. The highest BCUT2D eigenvalue weighted by Crippen LogP contribution is 2.22. The Morgan fingerprint density at radius 1 is 1.23 bits per heavy atom. The molecule has 1 aliphatic rings. The molecule has 1 fully saturated rings. The molecule has 7 N–H and O–H groups in total. The van der Waals surface area contributed by atoms with Gasteiger partial charge in [0.2, 0.25) is 5.91 Å². The lowest BCUT2D eigenvalue weighted by Gasteiger charge is -2.40. The van der Waals surface area contributed by atoms with Crippen molar-refractivity contribution in [2.24, 2.45) is 0 Å². The number of rotatable bonds is 7. The molecule has 0 aromatic heterocycles. The Balaban J connectivity index is 2.64. The van der Waals surface area contributed by atoms with Gasteiger partial charge < -0.3 is 45.4 Å². The second kappa shape index (κ2) is 8.70. The number of hydrogen-bond donors (Lipinski definition) is 7. The Labute approximate surface area is 126 Å². The van der Waals surface area contributed by atoms with Crippen LogP contribution in [0.3, 0.4) is 0 Å². The van der Waals surface area contributed by atoms with Crippen molar-refractivity contribution in [3.63, 3.8) is 0 Å². The fraction of sp³-hybridized carbons (Fsp3) is 0.917. The van der Waals surface area contributed by atoms with E-state index in [0.29, 0.717) is 0 Å². The average Bonchev–Trinajstić information content (AvgIpc) is 2.49. The normalized spacial score (nSPS) is 35.0. The molecule has 0 aliphatic carbocycles. The Kier molecular flexibility index (Phi) is 7.59. The van der Waals surface area contributed by atoms with Crippen LogP contribution >= 0.6 is 0 Å². The van der Waals surface area contributed by atoms with E-state index in [2.05, 4.69) is 5.32 Å². The summed E-state index contributed by atoms with van der Waals surface area (Å²) in [5, 5.41) is 58.9. The summed E-state index contributed by atoms with van der Waals surface area (Å²) in [4.78, 5) is 11.0. The molecule has 10 nitrogen and oxygen atoms in total. The number of nitrogens with one attached hydrogen (secondary N) is 1. The highest BCUT2D eigenvalue weighted by atomic mass is 16.7. The fourth-order valence-corrected chi connectivity index (χ4v) is 2.04. The molecule has 0 bridgehead atoms. The van der Waals surface area contributed by atoms with Crippen molar-refractivity contribution < 1.29 is 44.9 Å². The molecule has 1 rings (SSSR count). The molecular formula is C12H23NO9. The van der Waals surface area contributed by atoms with Crippen molar-refractivity contribution in [1.29, 1.82) is 0 Å². The first kappa shape index (κ1) is 19.2. The van der Waals surface area contributed by atoms with Crippen LogP contribution in [0.5, 0.6) is 0 Å². The van der Waals surface area contributed by atoms with E-state index in [1.807, 2.05) is 0 Å². The van der Waals surface area contributed by atoms with Gasteiger partial charge in [-0.15, -0.1) is 0 Å². The summed E-state index contributed by atoms with van der Waals surface area (Å²) in [6.07, 6.45) is -8.47. The average molecular weight is 325 g/mol. The van der Waals surface area contributed by atoms with Crippen LogP contribution in [0.25, 0.3) is 0 Å². The van der Waals surface area contributed by atoms with E-state index in [4.69, 9.17) is 19.7 Å². The highest BCUT2D eigenvalue weighted by Gasteiger charge is 2.44. The monoisotopic (exact) mass is 325 g/mol. The Hall–Kier alpha value is -0.850. The second-order valence-corrected chi connectivity index (χ2v) is 5.09. The second-order valence-electron chi connectivity index (χ2n) is 5.09. The van der Waals surface area contributed by atoms with Gasteiger partial charge in [0.25, 0.3) is 0 Å². The maximum Gasteiger partial charge on any atom is 0.217 e. The number of amides is 1. The number of carbonyl (C=O) groups excluding carboxylic acids is 1. The predicted molar refractivity (Wildman–Crippen MR) is 70.4 cm³/mol. The van der Waals surface area contributed by atoms with Gasteiger partial charge in [-0.3, -0.25) is 4.79 Å². The van der Waals surface area contributed by atoms with Crippen LogP contribution in [0.4, 0.5) is 0 Å². The first-order chi connectivity index (χ1) is 10.3. The fourth-order valence-electron chi connectivity index (χ4n) is 2.04. The summed E-state index contributed by atoms with van der Waals surface area (Å²) >= 11 is 0. The minimum Gasteiger partial charge on any atom is -0.394 e. The smallest absolute Gasteiger partial charge is 0.217 e. The molecular weight excluding hydrogens is 302 g/mol. The molecule has 1 amide bonds. The number of aliphatic hydroxyl groups excluding tert-OH is 6. The van der Waals surface area contributed by atoms with Crippen molar-refractivity contribution in [3.8, 4) is 0 Å². The molecule has 0 radical (unpaired) electrons. The van der Waals surface area contributed by atoms with Crippen LogP contribution in [-0.2, 0) is 14.3 Å². The van der Waals surface area contributed by atoms with E-state index in [1.54, 1.807) is 0 Å². The van der Waals surface area contributed by atoms with Crippen LogP contribution in [0, 0.1) is 0 Å². The van der Waals surface area contributed by atoms with E-state index in [-0.39, 0.29) is 6.61 Å². The lowest BCUT2D eigenvalue weighted by atomic mass is 9.99. The predicted octanol–water partition coefficient (Wildman–Crippen LogP) is -4.34. The van der Waals surface area contributed by atoms with Crippen molar-refractivity contribution in [1.82, 2.24) is 5.32 Å². The molecule has 10 heteroatoms. The molecule has 0 saturated carbocycles. The molecule has 0 spiro atoms. The topological polar surface area (TPSA) is 169 Å². The van der Waals surface area contributed by atoms with E-state index < -0.39 is 62.0 Å². The highest BCUT2D eigenvalue weighted by molar-refractivity contribution is 5.73. The van der Waals surface area contributed by atoms with Crippen molar-refractivity contribution in [2.75, 3.05) is 19.8 Å². The molecule has 1 aliphatic heterocycles. The zero-order chi connectivity index (χ0) is 16.9. The van der Waals surface area contributed by atoms with Crippen molar-refractivity contribution in [3.05, 3.63) is 0 Å². The Morgan fingerprint density at radius 3 is 2.36 bits per heavy atom. The largest absolute Gasteiger partial charge is 0.394 e. The maximum absolute atomic E-state index is 11.0. The molecule has 22 heavy (non-hydrogen) atoms.